The number of aryl methyl sites for hydroxylation is 1. The van der Waals surface area contributed by atoms with Crippen LogP contribution in [-0.2, 0) is 4.79 Å². The van der Waals surface area contributed by atoms with Gasteiger partial charge in [-0.1, -0.05) is 17.7 Å². The fourth-order valence-electron chi connectivity index (χ4n) is 3.85. The predicted octanol–water partition coefficient (Wildman–Crippen LogP) is 2.12. The number of quaternary nitrogens is 1. The van der Waals surface area contributed by atoms with E-state index >= 15 is 0 Å². The van der Waals surface area contributed by atoms with Crippen LogP contribution in [0.3, 0.4) is 0 Å². The Hall–Kier alpha value is -2.53. The number of carbonyl (C=O) groups excluding carboxylic acids is 1. The number of amides is 1. The molecule has 2 aromatic carbocycles. The third-order valence-electron chi connectivity index (χ3n) is 5.18. The van der Waals surface area contributed by atoms with Gasteiger partial charge in [0.25, 0.3) is 5.91 Å². The van der Waals surface area contributed by atoms with Crippen LogP contribution in [0.4, 0.5) is 5.69 Å². The zero-order valence-electron chi connectivity index (χ0n) is 15.1. The largest absolute Gasteiger partial charge is 0.486 e. The number of anilines is 1. The molecule has 2 aliphatic rings. The third kappa shape index (κ3) is 3.68. The summed E-state index contributed by atoms with van der Waals surface area (Å²) in [5.74, 6) is 1.70. The van der Waals surface area contributed by atoms with E-state index in [0.29, 0.717) is 25.8 Å². The van der Waals surface area contributed by atoms with Crippen LogP contribution >= 0.6 is 0 Å². The Balaban J connectivity index is 1.43. The Bertz CT molecular complexity index is 788. The second kappa shape index (κ2) is 7.38. The summed E-state index contributed by atoms with van der Waals surface area (Å²) in [4.78, 5) is 13.8. The second-order valence-electron chi connectivity index (χ2n) is 7.10. The Morgan fingerprint density at radius 2 is 1.88 bits per heavy atom. The lowest BCUT2D eigenvalue weighted by molar-refractivity contribution is -0.910. The summed E-state index contributed by atoms with van der Waals surface area (Å²) in [5, 5.41) is 3.01. The Kier molecular flexibility index (Phi) is 4.80. The molecule has 1 unspecified atom stereocenters. The van der Waals surface area contributed by atoms with Crippen molar-refractivity contribution in [1.29, 1.82) is 0 Å². The predicted molar refractivity (Wildman–Crippen MR) is 99.9 cm³/mol. The van der Waals surface area contributed by atoms with Crippen LogP contribution in [0.15, 0.2) is 42.5 Å². The Morgan fingerprint density at radius 1 is 1.12 bits per heavy atom. The quantitative estimate of drug-likeness (QED) is 0.885. The van der Waals surface area contributed by atoms with Crippen LogP contribution in [-0.4, -0.2) is 32.2 Å². The Labute approximate surface area is 153 Å². The van der Waals surface area contributed by atoms with Crippen molar-refractivity contribution in [2.24, 2.45) is 0 Å². The first-order chi connectivity index (χ1) is 12.7. The number of rotatable bonds is 4. The van der Waals surface area contributed by atoms with Gasteiger partial charge in [0.05, 0.1) is 6.54 Å². The van der Waals surface area contributed by atoms with Crippen LogP contribution < -0.4 is 19.7 Å². The normalized spacial score (nSPS) is 21.4. The number of carbonyl (C=O) groups is 1. The molecule has 0 spiro atoms. The van der Waals surface area contributed by atoms with Crippen molar-refractivity contribution >= 4 is 11.6 Å². The first-order valence-corrected chi connectivity index (χ1v) is 9.30. The van der Waals surface area contributed by atoms with E-state index in [1.54, 1.807) is 0 Å². The minimum Gasteiger partial charge on any atom is -0.486 e. The van der Waals surface area contributed by atoms with Crippen LogP contribution in [0.2, 0.25) is 0 Å². The lowest BCUT2D eigenvalue weighted by Crippen LogP contribution is -3.11. The molecular weight excluding hydrogens is 328 g/mol. The molecule has 2 N–H and O–H groups in total. The zero-order valence-corrected chi connectivity index (χ0v) is 15.1. The third-order valence-corrected chi connectivity index (χ3v) is 5.18. The number of hydrogen-bond acceptors (Lipinski definition) is 3. The molecule has 2 aromatic rings. The SMILES string of the molecule is Cc1ccc(NC(=O)C[NH+]2CCC[C@H]2c2ccc3c(c2)OCCO3)cc1. The first-order valence-electron chi connectivity index (χ1n) is 9.30. The van der Waals surface area contributed by atoms with E-state index in [1.807, 2.05) is 37.3 Å². The number of hydrogen-bond donors (Lipinski definition) is 2. The summed E-state index contributed by atoms with van der Waals surface area (Å²) in [5.41, 5.74) is 3.27. The molecule has 0 saturated carbocycles. The fraction of sp³-hybridized carbons (Fsp3) is 0.381. The van der Waals surface area contributed by atoms with Crippen molar-refractivity contribution in [3.05, 3.63) is 53.6 Å². The Morgan fingerprint density at radius 3 is 2.69 bits per heavy atom. The number of fused-ring (bicyclic) bond motifs is 1. The van der Waals surface area contributed by atoms with E-state index in [4.69, 9.17) is 9.47 Å². The van der Waals surface area contributed by atoms with Gasteiger partial charge >= 0.3 is 0 Å². The van der Waals surface area contributed by atoms with Crippen molar-refractivity contribution in [3.8, 4) is 11.5 Å². The van der Waals surface area contributed by atoms with E-state index in [1.165, 1.54) is 16.0 Å². The maximum atomic E-state index is 12.5. The average molecular weight is 353 g/mol. The highest BCUT2D eigenvalue weighted by Crippen LogP contribution is 2.33. The van der Waals surface area contributed by atoms with Crippen LogP contribution in [0.5, 0.6) is 11.5 Å². The van der Waals surface area contributed by atoms with Gasteiger partial charge in [0.1, 0.15) is 19.3 Å². The average Bonchev–Trinajstić information content (AvgIpc) is 3.11. The molecule has 0 aliphatic carbocycles. The van der Waals surface area contributed by atoms with Crippen molar-refractivity contribution in [3.63, 3.8) is 0 Å². The lowest BCUT2D eigenvalue weighted by atomic mass is 10.0. The van der Waals surface area contributed by atoms with Crippen molar-refractivity contribution in [1.82, 2.24) is 0 Å². The molecule has 1 saturated heterocycles. The van der Waals surface area contributed by atoms with Crippen LogP contribution in [0.1, 0.15) is 30.0 Å². The van der Waals surface area contributed by atoms with E-state index < -0.39 is 0 Å². The maximum Gasteiger partial charge on any atom is 0.279 e. The molecule has 0 radical (unpaired) electrons. The molecule has 136 valence electrons. The highest BCUT2D eigenvalue weighted by molar-refractivity contribution is 5.91. The van der Waals surface area contributed by atoms with Gasteiger partial charge in [0.2, 0.25) is 0 Å². The molecule has 2 aliphatic heterocycles. The van der Waals surface area contributed by atoms with Gasteiger partial charge < -0.3 is 19.7 Å². The fourth-order valence-corrected chi connectivity index (χ4v) is 3.85. The summed E-state index contributed by atoms with van der Waals surface area (Å²) >= 11 is 0. The van der Waals surface area contributed by atoms with Gasteiger partial charge in [-0.2, -0.15) is 0 Å². The molecule has 0 bridgehead atoms. The highest BCUT2D eigenvalue weighted by atomic mass is 16.6. The molecule has 26 heavy (non-hydrogen) atoms. The monoisotopic (exact) mass is 353 g/mol. The molecule has 1 fully saturated rings. The van der Waals surface area contributed by atoms with E-state index in [-0.39, 0.29) is 5.91 Å². The van der Waals surface area contributed by atoms with Gasteiger partial charge in [-0.25, -0.2) is 0 Å². The minimum atomic E-state index is 0.0632. The molecule has 5 heteroatoms. The summed E-state index contributed by atoms with van der Waals surface area (Å²) in [6.07, 6.45) is 2.22. The molecular formula is C21H25N2O3+. The van der Waals surface area contributed by atoms with Crippen molar-refractivity contribution < 1.29 is 19.2 Å². The zero-order chi connectivity index (χ0) is 17.9. The molecule has 4 rings (SSSR count). The summed E-state index contributed by atoms with van der Waals surface area (Å²) in [6.45, 7) is 4.73. The molecule has 0 aromatic heterocycles. The number of ether oxygens (including phenoxy) is 2. The number of nitrogens with one attached hydrogen (secondary N) is 2. The molecule has 1 amide bonds. The van der Waals surface area contributed by atoms with Crippen LogP contribution in [0, 0.1) is 6.92 Å². The smallest absolute Gasteiger partial charge is 0.279 e. The second-order valence-corrected chi connectivity index (χ2v) is 7.10. The topological polar surface area (TPSA) is 52.0 Å². The summed E-state index contributed by atoms with van der Waals surface area (Å²) < 4.78 is 11.3. The minimum absolute atomic E-state index is 0.0632. The highest BCUT2D eigenvalue weighted by Gasteiger charge is 2.32. The van der Waals surface area contributed by atoms with E-state index in [0.717, 1.165) is 36.6 Å². The van der Waals surface area contributed by atoms with Gasteiger partial charge in [-0.3, -0.25) is 4.79 Å². The van der Waals surface area contributed by atoms with Gasteiger partial charge in [0, 0.05) is 24.1 Å². The number of benzene rings is 2. The first kappa shape index (κ1) is 16.9. The van der Waals surface area contributed by atoms with E-state index in [2.05, 4.69) is 17.4 Å². The van der Waals surface area contributed by atoms with Crippen molar-refractivity contribution in [2.75, 3.05) is 31.6 Å². The maximum absolute atomic E-state index is 12.5. The molecule has 5 nitrogen and oxygen atoms in total. The molecule has 2 heterocycles. The van der Waals surface area contributed by atoms with E-state index in [9.17, 15) is 4.79 Å². The summed E-state index contributed by atoms with van der Waals surface area (Å²) in [6, 6.07) is 14.4. The standard InChI is InChI=1S/C21H24N2O3/c1-15-4-7-17(8-5-15)22-21(24)14-23-10-2-3-18(23)16-6-9-19-20(13-16)26-12-11-25-19/h4-9,13,18H,2-3,10-12,14H2,1H3,(H,22,24)/p+1/t18-/m0/s1. The number of likely N-dealkylation sites (tertiary alicyclic amines) is 1. The van der Waals surface area contributed by atoms with Gasteiger partial charge in [-0.15, -0.1) is 0 Å². The molecule has 2 atom stereocenters. The van der Waals surface area contributed by atoms with Crippen molar-refractivity contribution in [2.45, 2.75) is 25.8 Å². The lowest BCUT2D eigenvalue weighted by Gasteiger charge is -2.24. The van der Waals surface area contributed by atoms with Gasteiger partial charge in [0.15, 0.2) is 18.0 Å². The summed E-state index contributed by atoms with van der Waals surface area (Å²) in [7, 11) is 0. The van der Waals surface area contributed by atoms with Crippen LogP contribution in [0.25, 0.3) is 0 Å². The van der Waals surface area contributed by atoms with Gasteiger partial charge in [-0.05, 0) is 37.3 Å².